The second-order valence-electron chi connectivity index (χ2n) is 6.18. The van der Waals surface area contributed by atoms with E-state index >= 15 is 0 Å². The van der Waals surface area contributed by atoms with Crippen molar-refractivity contribution in [2.75, 3.05) is 7.05 Å². The quantitative estimate of drug-likeness (QED) is 0.649. The monoisotopic (exact) mass is 295 g/mol. The molecule has 1 heterocycles. The lowest BCUT2D eigenvalue weighted by Crippen LogP contribution is -3.11. The van der Waals surface area contributed by atoms with Gasteiger partial charge in [-0.05, 0) is 0 Å². The summed E-state index contributed by atoms with van der Waals surface area (Å²) in [4.78, 5) is 1.46. The summed E-state index contributed by atoms with van der Waals surface area (Å²) in [5.74, 6) is 0.229. The Balaban J connectivity index is 2.01. The molecule has 3 nitrogen and oxygen atoms in total. The number of hydrogen-bond acceptors (Lipinski definition) is 2. The minimum absolute atomic E-state index is 0.229. The van der Waals surface area contributed by atoms with Crippen molar-refractivity contribution in [3.8, 4) is 0 Å². The van der Waals surface area contributed by atoms with E-state index in [-0.39, 0.29) is 5.92 Å². The molecule has 1 fully saturated rings. The van der Waals surface area contributed by atoms with Gasteiger partial charge in [0.1, 0.15) is 12.1 Å². The van der Waals surface area contributed by atoms with E-state index in [9.17, 15) is 5.21 Å². The maximum Gasteiger partial charge on any atom is 0.121 e. The van der Waals surface area contributed by atoms with Crippen molar-refractivity contribution in [3.63, 3.8) is 0 Å². The van der Waals surface area contributed by atoms with E-state index in [0.717, 1.165) is 12.1 Å². The fourth-order valence-corrected chi connectivity index (χ4v) is 3.77. The topological polar surface area (TPSA) is 37.0 Å². The van der Waals surface area contributed by atoms with Crippen LogP contribution in [0.4, 0.5) is 0 Å². The first-order chi connectivity index (χ1) is 10.7. The van der Waals surface area contributed by atoms with Crippen LogP contribution >= 0.6 is 0 Å². The molecule has 0 aliphatic carbocycles. The Morgan fingerprint density at radius 2 is 1.50 bits per heavy atom. The summed E-state index contributed by atoms with van der Waals surface area (Å²) in [6, 6.07) is 21.7. The Labute approximate surface area is 131 Å². The van der Waals surface area contributed by atoms with E-state index in [2.05, 4.69) is 67.7 Å². The Kier molecular flexibility index (Phi) is 4.25. The zero-order chi connectivity index (χ0) is 15.5. The van der Waals surface area contributed by atoms with Gasteiger partial charge in [-0.1, -0.05) is 72.7 Å². The Morgan fingerprint density at radius 3 is 2.05 bits per heavy atom. The van der Waals surface area contributed by atoms with Crippen LogP contribution in [0.15, 0.2) is 65.8 Å². The van der Waals surface area contributed by atoms with Gasteiger partial charge in [0.05, 0.1) is 18.7 Å². The molecule has 0 saturated carbocycles. The number of nitrogens with one attached hydrogen (secondary N) is 1. The van der Waals surface area contributed by atoms with Gasteiger partial charge in [-0.15, -0.1) is 0 Å². The maximum absolute atomic E-state index is 9.46. The highest BCUT2D eigenvalue weighted by Gasteiger charge is 2.42. The standard InChI is InChI=1S/C19H22N2O/c1-14-17(20-22)13-18(15-9-5-3-6-10-15)21(2)19(14)16-11-7-4-8-12-16/h3-12,14,18-19,22H,13H2,1-2H3/p+1/b20-17-/t14-,18+,19+/m1/s1. The van der Waals surface area contributed by atoms with Crippen molar-refractivity contribution in [1.82, 2.24) is 0 Å². The molecule has 2 aromatic rings. The highest BCUT2D eigenvalue weighted by Crippen LogP contribution is 2.30. The van der Waals surface area contributed by atoms with Gasteiger partial charge in [0.15, 0.2) is 0 Å². The molecular formula is C19H23N2O+. The third-order valence-electron chi connectivity index (χ3n) is 4.97. The summed E-state index contributed by atoms with van der Waals surface area (Å²) >= 11 is 0. The zero-order valence-electron chi connectivity index (χ0n) is 13.1. The largest absolute Gasteiger partial charge is 0.411 e. The van der Waals surface area contributed by atoms with Crippen LogP contribution in [-0.4, -0.2) is 18.0 Å². The number of likely N-dealkylation sites (tertiary alicyclic amines) is 1. The number of nitrogens with zero attached hydrogens (tertiary/aromatic N) is 1. The Morgan fingerprint density at radius 1 is 0.955 bits per heavy atom. The first-order valence-electron chi connectivity index (χ1n) is 7.86. The highest BCUT2D eigenvalue weighted by atomic mass is 16.4. The molecule has 2 N–H and O–H groups in total. The fraction of sp³-hybridized carbons (Fsp3) is 0.316. The Bertz CT molecular complexity index is 639. The molecular weight excluding hydrogens is 272 g/mol. The van der Waals surface area contributed by atoms with Crippen molar-refractivity contribution in [3.05, 3.63) is 71.8 Å². The molecule has 0 amide bonds. The van der Waals surface area contributed by atoms with Gasteiger partial charge in [-0.25, -0.2) is 0 Å². The Hall–Kier alpha value is -2.13. The highest BCUT2D eigenvalue weighted by molar-refractivity contribution is 5.87. The predicted octanol–water partition coefficient (Wildman–Crippen LogP) is 2.85. The summed E-state index contributed by atoms with van der Waals surface area (Å²) in [6.45, 7) is 2.16. The van der Waals surface area contributed by atoms with Gasteiger partial charge >= 0.3 is 0 Å². The average Bonchev–Trinajstić information content (AvgIpc) is 2.57. The minimum Gasteiger partial charge on any atom is -0.411 e. The van der Waals surface area contributed by atoms with Crippen LogP contribution in [-0.2, 0) is 0 Å². The lowest BCUT2D eigenvalue weighted by atomic mass is 9.80. The SMILES string of the molecule is C[C@@H]1/C(=N\O)C[C@@H](c2ccccc2)[NH+](C)[C@@H]1c1ccccc1. The van der Waals surface area contributed by atoms with Gasteiger partial charge in [0, 0.05) is 17.5 Å². The van der Waals surface area contributed by atoms with Gasteiger partial charge in [-0.2, -0.15) is 0 Å². The fourth-order valence-electron chi connectivity index (χ4n) is 3.77. The molecule has 0 bridgehead atoms. The number of hydrogen-bond donors (Lipinski definition) is 2. The molecule has 3 rings (SSSR count). The summed E-state index contributed by atoms with van der Waals surface area (Å²) in [5, 5.41) is 13.1. The molecule has 1 aliphatic heterocycles. The van der Waals surface area contributed by atoms with Crippen LogP contribution in [0, 0.1) is 5.92 Å². The van der Waals surface area contributed by atoms with Crippen molar-refractivity contribution in [2.45, 2.75) is 25.4 Å². The van der Waals surface area contributed by atoms with Gasteiger partial charge in [0.25, 0.3) is 0 Å². The molecule has 22 heavy (non-hydrogen) atoms. The van der Waals surface area contributed by atoms with Gasteiger partial charge in [-0.3, -0.25) is 0 Å². The van der Waals surface area contributed by atoms with E-state index in [1.165, 1.54) is 16.0 Å². The van der Waals surface area contributed by atoms with Crippen molar-refractivity contribution < 1.29 is 10.1 Å². The van der Waals surface area contributed by atoms with Crippen LogP contribution in [0.5, 0.6) is 0 Å². The molecule has 2 aromatic carbocycles. The first-order valence-corrected chi connectivity index (χ1v) is 7.86. The molecule has 114 valence electrons. The predicted molar refractivity (Wildman–Crippen MR) is 88.3 cm³/mol. The van der Waals surface area contributed by atoms with E-state index in [1.807, 2.05) is 12.1 Å². The molecule has 4 atom stereocenters. The van der Waals surface area contributed by atoms with Crippen LogP contribution in [0.3, 0.4) is 0 Å². The number of rotatable bonds is 2. The van der Waals surface area contributed by atoms with E-state index in [4.69, 9.17) is 0 Å². The normalized spacial score (nSPS) is 30.4. The molecule has 1 aliphatic rings. The lowest BCUT2D eigenvalue weighted by molar-refractivity contribution is -0.948. The maximum atomic E-state index is 9.46. The van der Waals surface area contributed by atoms with Crippen molar-refractivity contribution in [2.24, 2.45) is 11.1 Å². The summed E-state index contributed by atoms with van der Waals surface area (Å²) in [7, 11) is 2.25. The van der Waals surface area contributed by atoms with Crippen LogP contribution in [0.25, 0.3) is 0 Å². The van der Waals surface area contributed by atoms with E-state index in [1.54, 1.807) is 0 Å². The molecule has 0 spiro atoms. The third kappa shape index (κ3) is 2.64. The molecule has 1 unspecified atom stereocenters. The van der Waals surface area contributed by atoms with Crippen LogP contribution in [0.2, 0.25) is 0 Å². The van der Waals surface area contributed by atoms with Crippen molar-refractivity contribution in [1.29, 1.82) is 0 Å². The smallest absolute Gasteiger partial charge is 0.121 e. The number of benzene rings is 2. The second kappa shape index (κ2) is 6.32. The minimum atomic E-state index is 0.229. The number of quaternary nitrogens is 1. The lowest BCUT2D eigenvalue weighted by Gasteiger charge is -2.41. The second-order valence-corrected chi connectivity index (χ2v) is 6.18. The molecule has 0 aromatic heterocycles. The van der Waals surface area contributed by atoms with Crippen LogP contribution < -0.4 is 4.90 Å². The summed E-state index contributed by atoms with van der Waals surface area (Å²) in [5.41, 5.74) is 3.50. The van der Waals surface area contributed by atoms with Gasteiger partial charge in [0.2, 0.25) is 0 Å². The average molecular weight is 295 g/mol. The van der Waals surface area contributed by atoms with Crippen LogP contribution in [0.1, 0.15) is 36.6 Å². The molecule has 1 saturated heterocycles. The summed E-state index contributed by atoms with van der Waals surface area (Å²) < 4.78 is 0. The van der Waals surface area contributed by atoms with E-state index in [0.29, 0.717) is 12.1 Å². The van der Waals surface area contributed by atoms with E-state index < -0.39 is 0 Å². The summed E-state index contributed by atoms with van der Waals surface area (Å²) in [6.07, 6.45) is 0.802. The zero-order valence-corrected chi connectivity index (χ0v) is 13.1. The molecule has 0 radical (unpaired) electrons. The first kappa shape index (κ1) is 14.8. The van der Waals surface area contributed by atoms with Gasteiger partial charge < -0.3 is 10.1 Å². The number of piperidine rings is 1. The molecule has 3 heteroatoms. The van der Waals surface area contributed by atoms with Crippen molar-refractivity contribution >= 4 is 5.71 Å². The number of oxime groups is 1. The third-order valence-corrected chi connectivity index (χ3v) is 4.97.